The zero-order valence-corrected chi connectivity index (χ0v) is 44.2. The number of carbonyl (C=O) groups excluding carboxylic acids is 3. The van der Waals surface area contributed by atoms with Crippen molar-refractivity contribution in [2.24, 2.45) is 0 Å². The molecular weight excluding hydrogens is 817 g/mol. The van der Waals surface area contributed by atoms with Crippen molar-refractivity contribution in [2.45, 2.75) is 316 Å². The molecular formula is C60H110O6. The molecule has 0 amide bonds. The molecule has 0 aliphatic heterocycles. The fraction of sp³-hybridized carbons (Fsp3) is 0.850. The topological polar surface area (TPSA) is 78.9 Å². The van der Waals surface area contributed by atoms with Gasteiger partial charge in [-0.3, -0.25) is 14.4 Å². The van der Waals surface area contributed by atoms with Crippen LogP contribution in [-0.2, 0) is 28.6 Å². The van der Waals surface area contributed by atoms with Gasteiger partial charge in [-0.1, -0.05) is 276 Å². The summed E-state index contributed by atoms with van der Waals surface area (Å²) in [5, 5.41) is 0. The van der Waals surface area contributed by atoms with Crippen LogP contribution >= 0.6 is 0 Å². The van der Waals surface area contributed by atoms with Crippen LogP contribution in [0.3, 0.4) is 0 Å². The van der Waals surface area contributed by atoms with Crippen LogP contribution in [-0.4, -0.2) is 37.2 Å². The van der Waals surface area contributed by atoms with Crippen LogP contribution in [0.2, 0.25) is 0 Å². The predicted octanol–water partition coefficient (Wildman–Crippen LogP) is 19.3. The molecule has 0 fully saturated rings. The van der Waals surface area contributed by atoms with Crippen molar-refractivity contribution in [1.29, 1.82) is 0 Å². The Morgan fingerprint density at radius 2 is 0.591 bits per heavy atom. The quantitative estimate of drug-likeness (QED) is 0.0262. The van der Waals surface area contributed by atoms with Crippen LogP contribution < -0.4 is 0 Å². The minimum Gasteiger partial charge on any atom is -0.462 e. The first kappa shape index (κ1) is 63.6. The van der Waals surface area contributed by atoms with Crippen LogP contribution in [0.4, 0.5) is 0 Å². The largest absolute Gasteiger partial charge is 0.462 e. The van der Waals surface area contributed by atoms with Gasteiger partial charge in [0.25, 0.3) is 0 Å². The van der Waals surface area contributed by atoms with Gasteiger partial charge in [-0.05, 0) is 51.4 Å². The lowest BCUT2D eigenvalue weighted by molar-refractivity contribution is -0.167. The molecule has 1 unspecified atom stereocenters. The maximum Gasteiger partial charge on any atom is 0.306 e. The third kappa shape index (κ3) is 52.6. The van der Waals surface area contributed by atoms with E-state index in [1.165, 1.54) is 186 Å². The highest BCUT2D eigenvalue weighted by Crippen LogP contribution is 2.17. The molecule has 6 nitrogen and oxygen atoms in total. The molecule has 0 rings (SSSR count). The van der Waals surface area contributed by atoms with Crippen molar-refractivity contribution in [2.75, 3.05) is 13.2 Å². The van der Waals surface area contributed by atoms with Crippen LogP contribution in [0.15, 0.2) is 36.5 Å². The van der Waals surface area contributed by atoms with Crippen LogP contribution in [0.1, 0.15) is 310 Å². The molecule has 0 bridgehead atoms. The van der Waals surface area contributed by atoms with Crippen molar-refractivity contribution in [1.82, 2.24) is 0 Å². The van der Waals surface area contributed by atoms with Gasteiger partial charge >= 0.3 is 17.9 Å². The molecule has 66 heavy (non-hydrogen) atoms. The predicted molar refractivity (Wildman–Crippen MR) is 284 cm³/mol. The lowest BCUT2D eigenvalue weighted by Crippen LogP contribution is -2.30. The highest BCUT2D eigenvalue weighted by molar-refractivity contribution is 5.71. The van der Waals surface area contributed by atoms with Gasteiger partial charge < -0.3 is 14.2 Å². The van der Waals surface area contributed by atoms with Gasteiger partial charge in [0.1, 0.15) is 13.2 Å². The van der Waals surface area contributed by atoms with E-state index in [1.54, 1.807) is 0 Å². The molecule has 386 valence electrons. The number of carbonyl (C=O) groups is 3. The van der Waals surface area contributed by atoms with E-state index in [9.17, 15) is 14.4 Å². The van der Waals surface area contributed by atoms with Gasteiger partial charge in [0, 0.05) is 19.3 Å². The minimum atomic E-state index is -0.772. The van der Waals surface area contributed by atoms with Gasteiger partial charge in [-0.15, -0.1) is 0 Å². The molecule has 0 heterocycles. The van der Waals surface area contributed by atoms with Gasteiger partial charge in [-0.2, -0.15) is 0 Å². The first-order valence-electron chi connectivity index (χ1n) is 29.0. The van der Waals surface area contributed by atoms with Crippen molar-refractivity contribution >= 4 is 17.9 Å². The van der Waals surface area contributed by atoms with Crippen molar-refractivity contribution in [3.8, 4) is 0 Å². The Hall–Kier alpha value is -2.37. The van der Waals surface area contributed by atoms with E-state index in [-0.39, 0.29) is 31.1 Å². The molecule has 6 heteroatoms. The molecule has 0 saturated heterocycles. The third-order valence-electron chi connectivity index (χ3n) is 12.9. The van der Waals surface area contributed by atoms with Crippen molar-refractivity contribution in [3.63, 3.8) is 0 Å². The van der Waals surface area contributed by atoms with E-state index in [2.05, 4.69) is 57.2 Å². The summed E-state index contributed by atoms with van der Waals surface area (Å²) in [6.45, 7) is 6.52. The Balaban J connectivity index is 4.11. The van der Waals surface area contributed by atoms with Crippen molar-refractivity contribution < 1.29 is 28.6 Å². The zero-order chi connectivity index (χ0) is 47.9. The Labute approximate surface area is 410 Å². The number of rotatable bonds is 53. The first-order valence-corrected chi connectivity index (χ1v) is 29.0. The van der Waals surface area contributed by atoms with E-state index < -0.39 is 6.10 Å². The highest BCUT2D eigenvalue weighted by atomic mass is 16.6. The Morgan fingerprint density at radius 1 is 0.318 bits per heavy atom. The second-order valence-electron chi connectivity index (χ2n) is 19.5. The van der Waals surface area contributed by atoms with Crippen LogP contribution in [0.25, 0.3) is 0 Å². The summed E-state index contributed by atoms with van der Waals surface area (Å²) in [4.78, 5) is 37.9. The van der Waals surface area contributed by atoms with Gasteiger partial charge in [0.15, 0.2) is 6.10 Å². The number of unbranched alkanes of at least 4 members (excludes halogenated alkanes) is 36. The third-order valence-corrected chi connectivity index (χ3v) is 12.9. The second kappa shape index (κ2) is 55.2. The van der Waals surface area contributed by atoms with E-state index >= 15 is 0 Å². The highest BCUT2D eigenvalue weighted by Gasteiger charge is 2.19. The maximum atomic E-state index is 12.8. The summed E-state index contributed by atoms with van der Waals surface area (Å²) >= 11 is 0. The van der Waals surface area contributed by atoms with Crippen molar-refractivity contribution in [3.05, 3.63) is 36.5 Å². The van der Waals surface area contributed by atoms with E-state index in [4.69, 9.17) is 14.2 Å². The monoisotopic (exact) mass is 927 g/mol. The number of ether oxygens (including phenoxy) is 3. The van der Waals surface area contributed by atoms with Gasteiger partial charge in [-0.25, -0.2) is 0 Å². The molecule has 0 aromatic carbocycles. The summed E-state index contributed by atoms with van der Waals surface area (Å²) in [7, 11) is 0. The first-order chi connectivity index (χ1) is 32.5. The molecule has 1 atom stereocenters. The second-order valence-corrected chi connectivity index (χ2v) is 19.5. The summed E-state index contributed by atoms with van der Waals surface area (Å²) in [5.74, 6) is -0.873. The maximum absolute atomic E-state index is 12.8. The van der Waals surface area contributed by atoms with E-state index in [0.29, 0.717) is 19.3 Å². The average molecular weight is 928 g/mol. The fourth-order valence-corrected chi connectivity index (χ4v) is 8.58. The van der Waals surface area contributed by atoms with Gasteiger partial charge in [0.05, 0.1) is 0 Å². The molecule has 0 aromatic rings. The fourth-order valence-electron chi connectivity index (χ4n) is 8.58. The van der Waals surface area contributed by atoms with Gasteiger partial charge in [0.2, 0.25) is 0 Å². The number of allylic oxidation sites excluding steroid dienone is 6. The minimum absolute atomic E-state index is 0.0722. The molecule has 0 aliphatic rings. The summed E-state index contributed by atoms with van der Waals surface area (Å²) in [6, 6.07) is 0. The molecule has 0 saturated carbocycles. The Bertz CT molecular complexity index is 1110. The lowest BCUT2D eigenvalue weighted by Gasteiger charge is -2.18. The number of esters is 3. The van der Waals surface area contributed by atoms with E-state index in [1.807, 2.05) is 0 Å². The molecule has 0 aromatic heterocycles. The molecule has 0 spiro atoms. The van der Waals surface area contributed by atoms with Crippen LogP contribution in [0, 0.1) is 0 Å². The summed E-state index contributed by atoms with van der Waals surface area (Å²) < 4.78 is 16.8. The molecule has 0 radical (unpaired) electrons. The summed E-state index contributed by atoms with van der Waals surface area (Å²) in [5.41, 5.74) is 0. The smallest absolute Gasteiger partial charge is 0.306 e. The molecule has 0 aliphatic carbocycles. The zero-order valence-electron chi connectivity index (χ0n) is 44.2. The standard InChI is InChI=1S/C60H110O6/c1-4-7-10-13-16-18-20-22-24-26-27-28-29-30-31-32-34-35-37-39-41-44-47-50-53-59(62)65-56-57(55-64-58(61)52-49-46-43-15-12-9-6-3)66-60(63)54-51-48-45-42-40-38-36-33-25-23-21-19-17-14-11-8-5-2/h8,11,17,19,23,25,57H,4-7,9-10,12-16,18,20-22,24,26-56H2,1-3H3/b11-8-,19-17-,25-23-. The number of hydrogen-bond donors (Lipinski definition) is 0. The van der Waals surface area contributed by atoms with E-state index in [0.717, 1.165) is 83.5 Å². The normalized spacial score (nSPS) is 12.2. The summed E-state index contributed by atoms with van der Waals surface area (Å²) in [6.07, 6.45) is 66.0. The van der Waals surface area contributed by atoms with Crippen LogP contribution in [0.5, 0.6) is 0 Å². The lowest BCUT2D eigenvalue weighted by atomic mass is 10.0. The SMILES string of the molecule is CC/C=C\C/C=C\C/C=C\CCCCCCCCCC(=O)OC(COC(=O)CCCCCCCCC)COC(=O)CCCCCCCCCCCCCCCCCCCCCCCCCC. The average Bonchev–Trinajstić information content (AvgIpc) is 3.31. The molecule has 0 N–H and O–H groups in total. The Kier molecular flexibility index (Phi) is 53.2. The Morgan fingerprint density at radius 3 is 0.924 bits per heavy atom. The number of hydrogen-bond acceptors (Lipinski definition) is 6.